The molecule has 0 radical (unpaired) electrons. The average Bonchev–Trinajstić information content (AvgIpc) is 2.62. The number of allylic oxidation sites excluding steroid dienone is 5. The Morgan fingerprint density at radius 3 is 2.12 bits per heavy atom. The molecule has 1 aromatic carbocycles. The Morgan fingerprint density at radius 2 is 1.50 bits per heavy atom. The molecule has 0 heterocycles. The fourth-order valence-electron chi connectivity index (χ4n) is 1.44. The third kappa shape index (κ3) is 2.23. The van der Waals surface area contributed by atoms with Crippen LogP contribution in [-0.4, -0.2) is 11.6 Å². The van der Waals surface area contributed by atoms with Crippen LogP contribution in [0, 0.1) is 0 Å². The number of ketones is 2. The zero-order chi connectivity index (χ0) is 11.4. The second kappa shape index (κ2) is 4.53. The highest BCUT2D eigenvalue weighted by Crippen LogP contribution is 2.10. The van der Waals surface area contributed by atoms with Gasteiger partial charge in [-0.15, -0.1) is 0 Å². The van der Waals surface area contributed by atoms with Crippen LogP contribution in [-0.2, 0) is 9.59 Å². The number of rotatable bonds is 2. The molecule has 0 aliphatic heterocycles. The summed E-state index contributed by atoms with van der Waals surface area (Å²) >= 11 is 0. The minimum absolute atomic E-state index is 0.220. The molecule has 2 heteroatoms. The first-order valence-electron chi connectivity index (χ1n) is 4.97. The average molecular weight is 210 g/mol. The van der Waals surface area contributed by atoms with Crippen LogP contribution >= 0.6 is 0 Å². The van der Waals surface area contributed by atoms with Gasteiger partial charge in [-0.25, -0.2) is 0 Å². The maximum Gasteiger partial charge on any atom is 0.189 e. The Morgan fingerprint density at radius 1 is 0.875 bits per heavy atom. The smallest absolute Gasteiger partial charge is 0.189 e. The van der Waals surface area contributed by atoms with E-state index in [0.717, 1.165) is 5.56 Å². The molecule has 0 saturated heterocycles. The summed E-state index contributed by atoms with van der Waals surface area (Å²) in [5.41, 5.74) is 1.26. The van der Waals surface area contributed by atoms with E-state index in [9.17, 15) is 9.59 Å². The van der Waals surface area contributed by atoms with Crippen molar-refractivity contribution < 1.29 is 9.59 Å². The molecule has 0 spiro atoms. The van der Waals surface area contributed by atoms with Gasteiger partial charge >= 0.3 is 0 Å². The lowest BCUT2D eigenvalue weighted by atomic mass is 10.1. The van der Waals surface area contributed by atoms with E-state index in [1.807, 2.05) is 36.4 Å². The maximum absolute atomic E-state index is 11.2. The second-order valence-electron chi connectivity index (χ2n) is 3.41. The van der Waals surface area contributed by atoms with Crippen molar-refractivity contribution in [3.63, 3.8) is 0 Å². The summed E-state index contributed by atoms with van der Waals surface area (Å²) < 4.78 is 0. The van der Waals surface area contributed by atoms with Gasteiger partial charge in [0.05, 0.1) is 5.57 Å². The van der Waals surface area contributed by atoms with Gasteiger partial charge in [-0.2, -0.15) is 0 Å². The highest BCUT2D eigenvalue weighted by atomic mass is 16.2. The number of benzene rings is 1. The van der Waals surface area contributed by atoms with Crippen molar-refractivity contribution in [3.05, 3.63) is 65.8 Å². The molecule has 0 fully saturated rings. The van der Waals surface area contributed by atoms with Crippen molar-refractivity contribution >= 4 is 17.6 Å². The van der Waals surface area contributed by atoms with Crippen molar-refractivity contribution in [2.45, 2.75) is 0 Å². The molecule has 78 valence electrons. The Hall–Kier alpha value is -2.22. The SMILES string of the molecule is O=C1C=CC(=O)C1=CC=Cc1ccccc1. The van der Waals surface area contributed by atoms with Gasteiger partial charge in [0.2, 0.25) is 0 Å². The maximum atomic E-state index is 11.2. The first-order valence-corrected chi connectivity index (χ1v) is 4.97. The van der Waals surface area contributed by atoms with Crippen LogP contribution in [0.2, 0.25) is 0 Å². The first-order chi connectivity index (χ1) is 7.77. The van der Waals surface area contributed by atoms with E-state index in [1.165, 1.54) is 12.2 Å². The Labute approximate surface area is 93.6 Å². The quantitative estimate of drug-likeness (QED) is 0.554. The van der Waals surface area contributed by atoms with Gasteiger partial charge in [-0.1, -0.05) is 42.5 Å². The molecular weight excluding hydrogens is 200 g/mol. The van der Waals surface area contributed by atoms with Crippen LogP contribution in [0.25, 0.3) is 6.08 Å². The fraction of sp³-hybridized carbons (Fsp3) is 0. The van der Waals surface area contributed by atoms with E-state index < -0.39 is 0 Å². The minimum atomic E-state index is -0.220. The van der Waals surface area contributed by atoms with E-state index in [2.05, 4.69) is 0 Å². The van der Waals surface area contributed by atoms with Crippen molar-refractivity contribution in [3.8, 4) is 0 Å². The third-order valence-electron chi connectivity index (χ3n) is 2.27. The molecule has 16 heavy (non-hydrogen) atoms. The summed E-state index contributed by atoms with van der Waals surface area (Å²) in [5, 5.41) is 0. The van der Waals surface area contributed by atoms with Crippen LogP contribution < -0.4 is 0 Å². The van der Waals surface area contributed by atoms with E-state index in [-0.39, 0.29) is 17.1 Å². The van der Waals surface area contributed by atoms with Crippen molar-refractivity contribution in [1.29, 1.82) is 0 Å². The normalized spacial score (nSPS) is 15.1. The van der Waals surface area contributed by atoms with E-state index >= 15 is 0 Å². The predicted octanol–water partition coefficient (Wildman–Crippen LogP) is 2.33. The van der Waals surface area contributed by atoms with Gasteiger partial charge in [-0.3, -0.25) is 9.59 Å². The van der Waals surface area contributed by atoms with Crippen molar-refractivity contribution in [2.24, 2.45) is 0 Å². The van der Waals surface area contributed by atoms with E-state index in [1.54, 1.807) is 12.2 Å². The van der Waals surface area contributed by atoms with Crippen LogP contribution in [0.1, 0.15) is 5.56 Å². The molecule has 0 unspecified atom stereocenters. The zero-order valence-corrected chi connectivity index (χ0v) is 8.59. The molecule has 1 aliphatic carbocycles. The molecule has 0 atom stereocenters. The lowest BCUT2D eigenvalue weighted by Crippen LogP contribution is -1.99. The summed E-state index contributed by atoms with van der Waals surface area (Å²) in [6, 6.07) is 9.70. The van der Waals surface area contributed by atoms with Crippen LogP contribution in [0.4, 0.5) is 0 Å². The Bertz CT molecular complexity index is 485. The molecule has 2 rings (SSSR count). The Balaban J connectivity index is 2.13. The Kier molecular flexibility index (Phi) is 2.92. The summed E-state index contributed by atoms with van der Waals surface area (Å²) in [6.07, 6.45) is 7.71. The molecule has 0 saturated carbocycles. The lowest BCUT2D eigenvalue weighted by molar-refractivity contribution is -0.115. The topological polar surface area (TPSA) is 34.1 Å². The molecule has 0 amide bonds. The molecule has 2 nitrogen and oxygen atoms in total. The molecule has 1 aromatic rings. The van der Waals surface area contributed by atoms with Crippen LogP contribution in [0.15, 0.2) is 60.2 Å². The van der Waals surface area contributed by atoms with E-state index in [4.69, 9.17) is 0 Å². The molecule has 0 N–H and O–H groups in total. The molecular formula is C14H10O2. The van der Waals surface area contributed by atoms with Gasteiger partial charge in [-0.05, 0) is 23.8 Å². The van der Waals surface area contributed by atoms with Crippen molar-refractivity contribution in [1.82, 2.24) is 0 Å². The third-order valence-corrected chi connectivity index (χ3v) is 2.27. The second-order valence-corrected chi connectivity index (χ2v) is 3.41. The molecule has 0 aromatic heterocycles. The van der Waals surface area contributed by atoms with E-state index in [0.29, 0.717) is 0 Å². The highest BCUT2D eigenvalue weighted by Gasteiger charge is 2.18. The number of hydrogen-bond acceptors (Lipinski definition) is 2. The fourth-order valence-corrected chi connectivity index (χ4v) is 1.44. The number of carbonyl (C=O) groups excluding carboxylic acids is 2. The lowest BCUT2D eigenvalue weighted by Gasteiger charge is -1.91. The zero-order valence-electron chi connectivity index (χ0n) is 8.59. The van der Waals surface area contributed by atoms with Gasteiger partial charge in [0.1, 0.15) is 0 Å². The highest BCUT2D eigenvalue weighted by molar-refractivity contribution is 6.33. The minimum Gasteiger partial charge on any atom is -0.289 e. The van der Waals surface area contributed by atoms with Gasteiger partial charge in [0, 0.05) is 0 Å². The van der Waals surface area contributed by atoms with Crippen LogP contribution in [0.3, 0.4) is 0 Å². The monoisotopic (exact) mass is 210 g/mol. The number of hydrogen-bond donors (Lipinski definition) is 0. The predicted molar refractivity (Wildman–Crippen MR) is 62.7 cm³/mol. The molecule has 1 aliphatic rings. The van der Waals surface area contributed by atoms with Gasteiger partial charge < -0.3 is 0 Å². The summed E-state index contributed by atoms with van der Waals surface area (Å²) in [4.78, 5) is 22.4. The summed E-state index contributed by atoms with van der Waals surface area (Å²) in [6.45, 7) is 0. The van der Waals surface area contributed by atoms with Gasteiger partial charge in [0.15, 0.2) is 11.6 Å². The standard InChI is InChI=1S/C14H10O2/c15-13-9-10-14(16)12(13)8-4-7-11-5-2-1-3-6-11/h1-10H. The van der Waals surface area contributed by atoms with Crippen molar-refractivity contribution in [2.75, 3.05) is 0 Å². The van der Waals surface area contributed by atoms with Crippen LogP contribution in [0.5, 0.6) is 0 Å². The van der Waals surface area contributed by atoms with Gasteiger partial charge in [0.25, 0.3) is 0 Å². The largest absolute Gasteiger partial charge is 0.289 e. The summed E-state index contributed by atoms with van der Waals surface area (Å²) in [7, 11) is 0. The summed E-state index contributed by atoms with van der Waals surface area (Å²) in [5.74, 6) is -0.439. The number of carbonyl (C=O) groups is 2. The first kappa shape index (κ1) is 10.3. The molecule has 0 bridgehead atoms.